The summed E-state index contributed by atoms with van der Waals surface area (Å²) in [5.41, 5.74) is 3.63. The summed E-state index contributed by atoms with van der Waals surface area (Å²) in [5.74, 6) is -0.223. The lowest BCUT2D eigenvalue weighted by Gasteiger charge is -2.15. The number of nitrogens with zero attached hydrogens (tertiary/aromatic N) is 1. The van der Waals surface area contributed by atoms with Crippen LogP contribution < -0.4 is 4.90 Å². The summed E-state index contributed by atoms with van der Waals surface area (Å²) >= 11 is 13.2. The van der Waals surface area contributed by atoms with Crippen LogP contribution >= 0.6 is 35.0 Å². The van der Waals surface area contributed by atoms with E-state index in [9.17, 15) is 4.79 Å². The summed E-state index contributed by atoms with van der Waals surface area (Å²) in [5, 5.41) is 9.35. The Labute approximate surface area is 154 Å². The molecule has 2 aromatic rings. The molecule has 1 aliphatic heterocycles. The summed E-state index contributed by atoms with van der Waals surface area (Å²) < 4.78 is 0. The van der Waals surface area contributed by atoms with Crippen LogP contribution in [0, 0.1) is 19.3 Å². The number of benzene rings is 2. The van der Waals surface area contributed by atoms with Gasteiger partial charge >= 0.3 is 0 Å². The molecular weight excluding hydrogens is 363 g/mol. The van der Waals surface area contributed by atoms with Crippen molar-refractivity contribution in [3.63, 3.8) is 0 Å². The van der Waals surface area contributed by atoms with Gasteiger partial charge in [-0.3, -0.25) is 15.1 Å². The van der Waals surface area contributed by atoms with Crippen molar-refractivity contribution in [2.45, 2.75) is 13.8 Å². The van der Waals surface area contributed by atoms with E-state index in [2.05, 4.69) is 0 Å². The van der Waals surface area contributed by atoms with Gasteiger partial charge in [-0.05, 0) is 72.6 Å². The average molecular weight is 377 g/mol. The summed E-state index contributed by atoms with van der Waals surface area (Å²) in [6, 6.07) is 10.8. The second-order valence-corrected chi connectivity index (χ2v) is 7.37. The van der Waals surface area contributed by atoms with Gasteiger partial charge in [0.05, 0.1) is 10.6 Å². The van der Waals surface area contributed by atoms with Crippen molar-refractivity contribution in [3.05, 3.63) is 68.0 Å². The number of amidine groups is 1. The van der Waals surface area contributed by atoms with Crippen LogP contribution in [0.25, 0.3) is 6.08 Å². The van der Waals surface area contributed by atoms with Crippen LogP contribution in [0.15, 0.2) is 41.3 Å². The molecule has 0 unspecified atom stereocenters. The van der Waals surface area contributed by atoms with Gasteiger partial charge in [0, 0.05) is 10.0 Å². The molecule has 1 amide bonds. The molecule has 0 spiro atoms. The van der Waals surface area contributed by atoms with Crippen LogP contribution in [0.2, 0.25) is 10.0 Å². The molecule has 0 aromatic heterocycles. The standard InChI is InChI=1S/C18H14Cl2N2OS/c1-10-3-6-14(7-11(10)2)22-17(23)16(24-18(22)21)8-12-4-5-13(19)9-15(12)20/h3-9,21H,1-2H3/b16-8-,21-18?. The Morgan fingerprint density at radius 3 is 2.50 bits per heavy atom. The highest BCUT2D eigenvalue weighted by Gasteiger charge is 2.33. The fraction of sp³-hybridized carbons (Fsp3) is 0.111. The third kappa shape index (κ3) is 3.22. The minimum absolute atomic E-state index is 0.180. The lowest BCUT2D eigenvalue weighted by Crippen LogP contribution is -2.28. The normalized spacial score (nSPS) is 16.3. The number of halogens is 2. The van der Waals surface area contributed by atoms with Gasteiger partial charge in [0.1, 0.15) is 0 Å². The third-order valence-electron chi connectivity index (χ3n) is 3.82. The fourth-order valence-corrected chi connectivity index (χ4v) is 3.66. The van der Waals surface area contributed by atoms with E-state index in [0.717, 1.165) is 22.9 Å². The van der Waals surface area contributed by atoms with Crippen LogP contribution in [0.4, 0.5) is 5.69 Å². The van der Waals surface area contributed by atoms with E-state index in [4.69, 9.17) is 28.6 Å². The van der Waals surface area contributed by atoms with Gasteiger partial charge < -0.3 is 0 Å². The van der Waals surface area contributed by atoms with Crippen LogP contribution in [0.1, 0.15) is 16.7 Å². The van der Waals surface area contributed by atoms with Crippen LogP contribution in [0.5, 0.6) is 0 Å². The number of amides is 1. The molecule has 2 aromatic carbocycles. The molecule has 0 radical (unpaired) electrons. The molecule has 3 rings (SSSR count). The molecule has 1 heterocycles. The number of aryl methyl sites for hydroxylation is 2. The molecular formula is C18H14Cl2N2OS. The van der Waals surface area contributed by atoms with E-state index in [0.29, 0.717) is 26.2 Å². The number of hydrogen-bond acceptors (Lipinski definition) is 3. The van der Waals surface area contributed by atoms with E-state index in [1.54, 1.807) is 24.3 Å². The van der Waals surface area contributed by atoms with Crippen molar-refractivity contribution < 1.29 is 4.79 Å². The summed E-state index contributed by atoms with van der Waals surface area (Å²) in [6.07, 6.45) is 1.70. The van der Waals surface area contributed by atoms with Gasteiger partial charge in [-0.15, -0.1) is 0 Å². The van der Waals surface area contributed by atoms with Crippen molar-refractivity contribution in [3.8, 4) is 0 Å². The van der Waals surface area contributed by atoms with Crippen LogP contribution in [0.3, 0.4) is 0 Å². The Morgan fingerprint density at radius 1 is 1.08 bits per heavy atom. The lowest BCUT2D eigenvalue weighted by molar-refractivity contribution is -0.113. The number of anilines is 1. The summed E-state index contributed by atoms with van der Waals surface area (Å²) in [6.45, 7) is 4.00. The molecule has 1 saturated heterocycles. The zero-order chi connectivity index (χ0) is 17.4. The zero-order valence-electron chi connectivity index (χ0n) is 13.1. The van der Waals surface area contributed by atoms with E-state index in [1.165, 1.54) is 4.90 Å². The molecule has 0 aliphatic carbocycles. The molecule has 0 bridgehead atoms. The van der Waals surface area contributed by atoms with Crippen molar-refractivity contribution in [2.75, 3.05) is 4.90 Å². The first-order chi connectivity index (χ1) is 11.4. The van der Waals surface area contributed by atoms with E-state index < -0.39 is 0 Å². The van der Waals surface area contributed by atoms with Crippen molar-refractivity contribution in [2.24, 2.45) is 0 Å². The number of nitrogens with one attached hydrogen (secondary N) is 1. The number of carbonyl (C=O) groups is 1. The van der Waals surface area contributed by atoms with Gasteiger partial charge in [-0.1, -0.05) is 35.3 Å². The van der Waals surface area contributed by atoms with Crippen LogP contribution in [-0.4, -0.2) is 11.1 Å². The SMILES string of the molecule is Cc1ccc(N2C(=N)S/C(=C\c3ccc(Cl)cc3Cl)C2=O)cc1C. The number of rotatable bonds is 2. The predicted molar refractivity (Wildman–Crippen MR) is 103 cm³/mol. The van der Waals surface area contributed by atoms with E-state index in [1.807, 2.05) is 32.0 Å². The van der Waals surface area contributed by atoms with Crippen molar-refractivity contribution in [1.29, 1.82) is 5.41 Å². The molecule has 24 heavy (non-hydrogen) atoms. The Morgan fingerprint density at radius 2 is 1.83 bits per heavy atom. The smallest absolute Gasteiger partial charge is 0.271 e. The topological polar surface area (TPSA) is 44.2 Å². The molecule has 1 aliphatic rings. The Hall–Kier alpha value is -1.75. The Balaban J connectivity index is 1.96. The molecule has 3 nitrogen and oxygen atoms in total. The minimum Gasteiger partial charge on any atom is -0.278 e. The van der Waals surface area contributed by atoms with Gasteiger partial charge in [0.25, 0.3) is 5.91 Å². The Kier molecular flexibility index (Phi) is 4.72. The maximum Gasteiger partial charge on any atom is 0.271 e. The quantitative estimate of drug-likeness (QED) is 0.686. The van der Waals surface area contributed by atoms with E-state index >= 15 is 0 Å². The largest absolute Gasteiger partial charge is 0.278 e. The first kappa shape index (κ1) is 17.1. The number of carbonyl (C=O) groups excluding carboxylic acids is 1. The zero-order valence-corrected chi connectivity index (χ0v) is 15.4. The van der Waals surface area contributed by atoms with Gasteiger partial charge in [-0.25, -0.2) is 0 Å². The summed E-state index contributed by atoms with van der Waals surface area (Å²) in [4.78, 5) is 14.6. The van der Waals surface area contributed by atoms with Crippen LogP contribution in [-0.2, 0) is 4.79 Å². The molecule has 0 saturated carbocycles. The minimum atomic E-state index is -0.223. The highest BCUT2D eigenvalue weighted by Crippen LogP contribution is 2.36. The Bertz CT molecular complexity index is 893. The van der Waals surface area contributed by atoms with Gasteiger partial charge in [0.2, 0.25) is 0 Å². The highest BCUT2D eigenvalue weighted by atomic mass is 35.5. The molecule has 0 atom stereocenters. The van der Waals surface area contributed by atoms with Crippen molar-refractivity contribution in [1.82, 2.24) is 0 Å². The maximum atomic E-state index is 12.7. The average Bonchev–Trinajstić information content (AvgIpc) is 2.79. The van der Waals surface area contributed by atoms with E-state index in [-0.39, 0.29) is 11.1 Å². The predicted octanol–water partition coefficient (Wildman–Crippen LogP) is 5.67. The highest BCUT2D eigenvalue weighted by molar-refractivity contribution is 8.19. The molecule has 122 valence electrons. The number of hydrogen-bond donors (Lipinski definition) is 1. The first-order valence-corrected chi connectivity index (χ1v) is 8.79. The monoisotopic (exact) mass is 376 g/mol. The third-order valence-corrected chi connectivity index (χ3v) is 5.27. The molecule has 1 fully saturated rings. The van der Waals surface area contributed by atoms with Crippen molar-refractivity contribution >= 4 is 57.8 Å². The molecule has 1 N–H and O–H groups in total. The van der Waals surface area contributed by atoms with Gasteiger partial charge in [0.15, 0.2) is 5.17 Å². The maximum absolute atomic E-state index is 12.7. The lowest BCUT2D eigenvalue weighted by atomic mass is 10.1. The first-order valence-electron chi connectivity index (χ1n) is 7.21. The second kappa shape index (κ2) is 6.63. The number of thioether (sulfide) groups is 1. The summed E-state index contributed by atoms with van der Waals surface area (Å²) in [7, 11) is 0. The molecule has 6 heteroatoms. The second-order valence-electron chi connectivity index (χ2n) is 5.49. The fourth-order valence-electron chi connectivity index (χ4n) is 2.35. The van der Waals surface area contributed by atoms with Gasteiger partial charge in [-0.2, -0.15) is 0 Å².